The lowest BCUT2D eigenvalue weighted by Gasteiger charge is -2.13. The Morgan fingerprint density at radius 3 is 2.50 bits per heavy atom. The smallest absolute Gasteiger partial charge is 0.244 e. The van der Waals surface area contributed by atoms with Gasteiger partial charge in [-0.3, -0.25) is 10.0 Å². The molecule has 8 heteroatoms. The fourth-order valence-corrected chi connectivity index (χ4v) is 2.99. The first kappa shape index (κ1) is 18.4. The third kappa shape index (κ3) is 6.00. The van der Waals surface area contributed by atoms with E-state index in [1.165, 1.54) is 24.5 Å². The number of unbranched alkanes of at least 4 members (excludes halogenated alkanes) is 1. The number of carbonyl (C=O) groups is 1. The molecule has 0 saturated heterocycles. The molecule has 22 heavy (non-hydrogen) atoms. The molecule has 1 rings (SSSR count). The summed E-state index contributed by atoms with van der Waals surface area (Å²) in [4.78, 5) is 11.1. The second-order valence-electron chi connectivity index (χ2n) is 4.93. The van der Waals surface area contributed by atoms with Crippen LogP contribution in [0.1, 0.15) is 33.1 Å². The van der Waals surface area contributed by atoms with E-state index in [9.17, 15) is 13.2 Å². The van der Waals surface area contributed by atoms with E-state index in [0.717, 1.165) is 12.8 Å². The lowest BCUT2D eigenvalue weighted by Crippen LogP contribution is -2.36. The lowest BCUT2D eigenvalue weighted by molar-refractivity contribution is -0.129. The minimum atomic E-state index is -3.72. The van der Waals surface area contributed by atoms with Gasteiger partial charge in [0.25, 0.3) is 0 Å². The monoisotopic (exact) mass is 330 g/mol. The SMILES string of the molecule is CCCCOc1ccc(S(=O)(=O)NC(C)CC(=O)NO)cc1. The van der Waals surface area contributed by atoms with E-state index in [1.54, 1.807) is 12.1 Å². The summed E-state index contributed by atoms with van der Waals surface area (Å²) >= 11 is 0. The molecule has 1 aromatic rings. The Kier molecular flexibility index (Phi) is 7.30. The van der Waals surface area contributed by atoms with Crippen molar-refractivity contribution in [2.24, 2.45) is 0 Å². The van der Waals surface area contributed by atoms with E-state index >= 15 is 0 Å². The molecule has 0 bridgehead atoms. The fourth-order valence-electron chi connectivity index (χ4n) is 1.75. The van der Waals surface area contributed by atoms with Crippen molar-refractivity contribution >= 4 is 15.9 Å². The van der Waals surface area contributed by atoms with Gasteiger partial charge < -0.3 is 4.74 Å². The number of sulfonamides is 1. The quantitative estimate of drug-likeness (QED) is 0.361. The van der Waals surface area contributed by atoms with Gasteiger partial charge in [0, 0.05) is 12.5 Å². The largest absolute Gasteiger partial charge is 0.494 e. The van der Waals surface area contributed by atoms with Crippen molar-refractivity contribution < 1.29 is 23.2 Å². The topological polar surface area (TPSA) is 105 Å². The zero-order chi connectivity index (χ0) is 16.6. The Morgan fingerprint density at radius 1 is 1.32 bits per heavy atom. The minimum Gasteiger partial charge on any atom is -0.494 e. The summed E-state index contributed by atoms with van der Waals surface area (Å²) in [5.41, 5.74) is 1.46. The van der Waals surface area contributed by atoms with Crippen molar-refractivity contribution in [1.82, 2.24) is 10.2 Å². The average molecular weight is 330 g/mol. The number of amides is 1. The predicted molar refractivity (Wildman–Crippen MR) is 81.2 cm³/mol. The molecule has 0 aliphatic carbocycles. The van der Waals surface area contributed by atoms with Gasteiger partial charge in [-0.2, -0.15) is 0 Å². The number of carbonyl (C=O) groups excluding carboxylic acids is 1. The number of hydrogen-bond acceptors (Lipinski definition) is 5. The molecule has 124 valence electrons. The van der Waals surface area contributed by atoms with Gasteiger partial charge in [-0.1, -0.05) is 13.3 Å². The molecule has 0 aliphatic rings. The first-order chi connectivity index (χ1) is 10.4. The summed E-state index contributed by atoms with van der Waals surface area (Å²) < 4.78 is 32.1. The van der Waals surface area contributed by atoms with Crippen molar-refractivity contribution in [3.63, 3.8) is 0 Å². The van der Waals surface area contributed by atoms with E-state index in [-0.39, 0.29) is 11.3 Å². The minimum absolute atomic E-state index is 0.0894. The molecule has 0 saturated carbocycles. The van der Waals surface area contributed by atoms with Crippen molar-refractivity contribution in [1.29, 1.82) is 0 Å². The molecular formula is C14H22N2O5S. The molecule has 0 aliphatic heterocycles. The van der Waals surface area contributed by atoms with Crippen LogP contribution in [0.2, 0.25) is 0 Å². The van der Waals surface area contributed by atoms with Crippen LogP contribution in [-0.2, 0) is 14.8 Å². The molecule has 1 amide bonds. The number of ether oxygens (including phenoxy) is 1. The van der Waals surface area contributed by atoms with E-state index in [2.05, 4.69) is 11.6 Å². The van der Waals surface area contributed by atoms with E-state index in [1.807, 2.05) is 0 Å². The standard InChI is InChI=1S/C14H22N2O5S/c1-3-4-9-21-12-5-7-13(8-6-12)22(19,20)16-11(2)10-14(17)15-18/h5-8,11,16,18H,3-4,9-10H2,1-2H3,(H,15,17). The van der Waals surface area contributed by atoms with Crippen LogP contribution >= 0.6 is 0 Å². The molecular weight excluding hydrogens is 308 g/mol. The van der Waals surface area contributed by atoms with Gasteiger partial charge >= 0.3 is 0 Å². The Balaban J connectivity index is 2.66. The van der Waals surface area contributed by atoms with E-state index in [0.29, 0.717) is 12.4 Å². The molecule has 7 nitrogen and oxygen atoms in total. The number of nitrogens with one attached hydrogen (secondary N) is 2. The molecule has 1 aromatic carbocycles. The summed E-state index contributed by atoms with van der Waals surface area (Å²) in [7, 11) is -3.72. The van der Waals surface area contributed by atoms with Gasteiger partial charge in [0.2, 0.25) is 15.9 Å². The number of hydroxylamine groups is 1. The predicted octanol–water partition coefficient (Wildman–Crippen LogP) is 1.43. The lowest BCUT2D eigenvalue weighted by atomic mass is 10.2. The van der Waals surface area contributed by atoms with Crippen LogP contribution in [0, 0.1) is 0 Å². The maximum atomic E-state index is 12.1. The molecule has 0 aromatic heterocycles. The fraction of sp³-hybridized carbons (Fsp3) is 0.500. The van der Waals surface area contributed by atoms with Crippen molar-refractivity contribution in [2.75, 3.05) is 6.61 Å². The third-order valence-electron chi connectivity index (χ3n) is 2.87. The molecule has 1 unspecified atom stereocenters. The van der Waals surface area contributed by atoms with E-state index in [4.69, 9.17) is 9.94 Å². The summed E-state index contributed by atoms with van der Waals surface area (Å²) in [5, 5.41) is 8.43. The highest BCUT2D eigenvalue weighted by Gasteiger charge is 2.19. The van der Waals surface area contributed by atoms with E-state index < -0.39 is 22.0 Å². The van der Waals surface area contributed by atoms with Gasteiger partial charge in [0.1, 0.15) is 5.75 Å². The van der Waals surface area contributed by atoms with Crippen molar-refractivity contribution in [3.05, 3.63) is 24.3 Å². The Labute approximate surface area is 130 Å². The van der Waals surface area contributed by atoms with Gasteiger partial charge in [-0.15, -0.1) is 0 Å². The van der Waals surface area contributed by atoms with Gasteiger partial charge in [0.05, 0.1) is 11.5 Å². The maximum Gasteiger partial charge on any atom is 0.244 e. The number of rotatable bonds is 9. The van der Waals surface area contributed by atoms with Crippen LogP contribution in [-0.4, -0.2) is 32.2 Å². The second kappa shape index (κ2) is 8.72. The maximum absolute atomic E-state index is 12.1. The summed E-state index contributed by atoms with van der Waals surface area (Å²) in [5.74, 6) is -0.0463. The molecule has 0 fully saturated rings. The summed E-state index contributed by atoms with van der Waals surface area (Å²) in [6, 6.07) is 5.44. The van der Waals surface area contributed by atoms with Crippen LogP contribution < -0.4 is 14.9 Å². The summed E-state index contributed by atoms with van der Waals surface area (Å²) in [6.07, 6.45) is 1.80. The van der Waals surface area contributed by atoms with Gasteiger partial charge in [0.15, 0.2) is 0 Å². The first-order valence-electron chi connectivity index (χ1n) is 7.07. The molecule has 0 heterocycles. The second-order valence-corrected chi connectivity index (χ2v) is 6.65. The molecule has 0 radical (unpaired) electrons. The van der Waals surface area contributed by atoms with Crippen LogP contribution in [0.4, 0.5) is 0 Å². The van der Waals surface area contributed by atoms with Crippen LogP contribution in [0.15, 0.2) is 29.2 Å². The van der Waals surface area contributed by atoms with Gasteiger partial charge in [-0.05, 0) is 37.6 Å². The molecule has 1 atom stereocenters. The highest BCUT2D eigenvalue weighted by atomic mass is 32.2. The Bertz CT molecular complexity index is 571. The van der Waals surface area contributed by atoms with Gasteiger partial charge in [-0.25, -0.2) is 18.6 Å². The van der Waals surface area contributed by atoms with Crippen molar-refractivity contribution in [2.45, 2.75) is 44.0 Å². The number of hydrogen-bond donors (Lipinski definition) is 3. The van der Waals surface area contributed by atoms with Crippen LogP contribution in [0.5, 0.6) is 5.75 Å². The normalized spacial score (nSPS) is 12.7. The first-order valence-corrected chi connectivity index (χ1v) is 8.55. The molecule has 3 N–H and O–H groups in total. The molecule has 0 spiro atoms. The zero-order valence-corrected chi connectivity index (χ0v) is 13.5. The van der Waals surface area contributed by atoms with Crippen LogP contribution in [0.25, 0.3) is 0 Å². The Morgan fingerprint density at radius 2 is 1.95 bits per heavy atom. The highest BCUT2D eigenvalue weighted by Crippen LogP contribution is 2.16. The number of benzene rings is 1. The average Bonchev–Trinajstić information content (AvgIpc) is 2.47. The van der Waals surface area contributed by atoms with Crippen LogP contribution in [0.3, 0.4) is 0 Å². The highest BCUT2D eigenvalue weighted by molar-refractivity contribution is 7.89. The van der Waals surface area contributed by atoms with Crippen molar-refractivity contribution in [3.8, 4) is 5.75 Å². The Hall–Kier alpha value is -1.64. The third-order valence-corrected chi connectivity index (χ3v) is 4.48. The summed E-state index contributed by atoms with van der Waals surface area (Å²) in [6.45, 7) is 4.19. The zero-order valence-electron chi connectivity index (χ0n) is 12.7.